The van der Waals surface area contributed by atoms with Crippen LogP contribution in [0.1, 0.15) is 11.1 Å². The summed E-state index contributed by atoms with van der Waals surface area (Å²) in [6.45, 7) is 0. The van der Waals surface area contributed by atoms with E-state index in [1.54, 1.807) is 0 Å². The molecule has 0 atom stereocenters. The summed E-state index contributed by atoms with van der Waals surface area (Å²) in [5.74, 6) is -0.654. The first-order valence-corrected chi connectivity index (χ1v) is 5.79. The van der Waals surface area contributed by atoms with E-state index >= 15 is 0 Å². The van der Waals surface area contributed by atoms with Gasteiger partial charge >= 0.3 is 22.5 Å². The van der Waals surface area contributed by atoms with Crippen molar-refractivity contribution in [2.75, 3.05) is 0 Å². The third-order valence-electron chi connectivity index (χ3n) is 1.79. The van der Waals surface area contributed by atoms with Crippen LogP contribution in [0.2, 0.25) is 0 Å². The van der Waals surface area contributed by atoms with Gasteiger partial charge in [-0.15, -0.1) is 5.26 Å². The molecule has 0 heterocycles. The largest absolute Gasteiger partial charge is 0.416 e. The zero-order valence-electron chi connectivity index (χ0n) is 8.23. The average Bonchev–Trinajstić information content (AvgIpc) is 2.16. The van der Waals surface area contributed by atoms with E-state index in [-0.39, 0.29) is 5.56 Å². The molecule has 0 spiro atoms. The van der Waals surface area contributed by atoms with E-state index in [4.69, 9.17) is 5.26 Å². The molecule has 0 aromatic heterocycles. The van der Waals surface area contributed by atoms with Gasteiger partial charge in [0, 0.05) is 0 Å². The first kappa shape index (κ1) is 13.3. The molecule has 1 rings (SSSR count). The zero-order chi connectivity index (χ0) is 13.1. The number of hydrogen-bond acceptors (Lipinski definition) is 4. The van der Waals surface area contributed by atoms with Crippen molar-refractivity contribution in [3.8, 4) is 6.26 Å². The smallest absolute Gasteiger partial charge is 0.302 e. The molecule has 4 nitrogen and oxygen atoms in total. The minimum atomic E-state index is -4.47. The molecule has 0 N–H and O–H groups in total. The highest BCUT2D eigenvalue weighted by Gasteiger charge is 2.30. The Labute approximate surface area is 95.4 Å². The highest BCUT2D eigenvalue weighted by molar-refractivity contribution is 7.86. The molecule has 0 fully saturated rings. The van der Waals surface area contributed by atoms with Gasteiger partial charge in [-0.25, -0.2) is 0 Å². The summed E-state index contributed by atoms with van der Waals surface area (Å²) in [6.07, 6.45) is -3.48. The molecule has 0 saturated heterocycles. The summed E-state index contributed by atoms with van der Waals surface area (Å²) in [6, 6.07) is 3.55. The van der Waals surface area contributed by atoms with Crippen molar-refractivity contribution in [2.24, 2.45) is 0 Å². The van der Waals surface area contributed by atoms with Gasteiger partial charge < -0.3 is 4.18 Å². The molecule has 0 unspecified atom stereocenters. The molecule has 0 radical (unpaired) electrons. The summed E-state index contributed by atoms with van der Waals surface area (Å²) in [5, 5.41) is 8.03. The van der Waals surface area contributed by atoms with Crippen LogP contribution >= 0.6 is 0 Å². The van der Waals surface area contributed by atoms with Gasteiger partial charge in [0.05, 0.1) is 5.56 Å². The van der Waals surface area contributed by atoms with Gasteiger partial charge in [0.25, 0.3) is 0 Å². The molecular formula is C9H6F3NO3S. The average molecular weight is 265 g/mol. The Morgan fingerprint density at radius 2 is 1.76 bits per heavy atom. The Morgan fingerprint density at radius 3 is 2.18 bits per heavy atom. The predicted molar refractivity (Wildman–Crippen MR) is 50.8 cm³/mol. The Hall–Kier alpha value is -1.75. The lowest BCUT2D eigenvalue weighted by molar-refractivity contribution is -0.137. The van der Waals surface area contributed by atoms with Gasteiger partial charge in [0.2, 0.25) is 0 Å². The molecule has 17 heavy (non-hydrogen) atoms. The predicted octanol–water partition coefficient (Wildman–Crippen LogP) is 2.03. The number of nitrogens with zero attached hydrogens (tertiary/aromatic N) is 1. The summed E-state index contributed by atoms with van der Waals surface area (Å²) in [7, 11) is -4.08. The van der Waals surface area contributed by atoms with E-state index < -0.39 is 27.6 Å². The molecule has 0 amide bonds. The van der Waals surface area contributed by atoms with Crippen molar-refractivity contribution < 1.29 is 25.8 Å². The van der Waals surface area contributed by atoms with Crippen LogP contribution in [0.5, 0.6) is 0 Å². The second-order valence-electron chi connectivity index (χ2n) is 3.07. The van der Waals surface area contributed by atoms with Crippen LogP contribution in [0.3, 0.4) is 0 Å². The second kappa shape index (κ2) is 4.63. The molecule has 92 valence electrons. The third kappa shape index (κ3) is 3.96. The first-order valence-electron chi connectivity index (χ1n) is 4.21. The lowest BCUT2D eigenvalue weighted by Gasteiger charge is -2.07. The number of benzene rings is 1. The van der Waals surface area contributed by atoms with Crippen molar-refractivity contribution in [1.29, 1.82) is 5.26 Å². The summed E-state index contributed by atoms with van der Waals surface area (Å²) in [5.41, 5.74) is -0.770. The second-order valence-corrected chi connectivity index (χ2v) is 4.64. The molecule has 0 aliphatic carbocycles. The molecular weight excluding hydrogens is 259 g/mol. The maximum Gasteiger partial charge on any atom is 0.416 e. The Bertz CT molecular complexity index is 528. The maximum atomic E-state index is 12.2. The van der Waals surface area contributed by atoms with E-state index in [0.29, 0.717) is 0 Å². The monoisotopic (exact) mass is 265 g/mol. The third-order valence-corrected chi connectivity index (χ3v) is 2.80. The normalized spacial score (nSPS) is 11.9. The van der Waals surface area contributed by atoms with Crippen molar-refractivity contribution in [3.05, 3.63) is 35.4 Å². The fraction of sp³-hybridized carbons (Fsp3) is 0.222. The highest BCUT2D eigenvalue weighted by Crippen LogP contribution is 2.29. The number of nitriles is 1. The first-order chi connectivity index (χ1) is 7.74. The van der Waals surface area contributed by atoms with Crippen LogP contribution in [0, 0.1) is 11.5 Å². The van der Waals surface area contributed by atoms with Crippen molar-refractivity contribution in [2.45, 2.75) is 11.9 Å². The fourth-order valence-corrected chi connectivity index (χ4v) is 1.85. The highest BCUT2D eigenvalue weighted by atomic mass is 32.2. The molecule has 1 aromatic carbocycles. The van der Waals surface area contributed by atoms with Gasteiger partial charge in [-0.2, -0.15) is 21.6 Å². The van der Waals surface area contributed by atoms with Gasteiger partial charge in [0.1, 0.15) is 5.75 Å². The minimum absolute atomic E-state index is 0.105. The maximum absolute atomic E-state index is 12.2. The van der Waals surface area contributed by atoms with Gasteiger partial charge in [-0.3, -0.25) is 0 Å². The van der Waals surface area contributed by atoms with Crippen LogP contribution in [0.4, 0.5) is 13.2 Å². The van der Waals surface area contributed by atoms with Gasteiger partial charge in [0.15, 0.2) is 0 Å². The zero-order valence-corrected chi connectivity index (χ0v) is 9.05. The minimum Gasteiger partial charge on any atom is -0.302 e. The number of halogens is 3. The molecule has 1 aromatic rings. The van der Waals surface area contributed by atoms with Crippen LogP contribution in [0.25, 0.3) is 0 Å². The van der Waals surface area contributed by atoms with E-state index in [1.807, 2.05) is 0 Å². The number of rotatable bonds is 3. The molecule has 0 bridgehead atoms. The lowest BCUT2D eigenvalue weighted by Crippen LogP contribution is -2.07. The Balaban J connectivity index is 2.87. The summed E-state index contributed by atoms with van der Waals surface area (Å²) < 4.78 is 62.4. The quantitative estimate of drug-likeness (QED) is 0.619. The van der Waals surface area contributed by atoms with E-state index in [1.165, 1.54) is 0 Å². The number of alkyl halides is 3. The van der Waals surface area contributed by atoms with E-state index in [2.05, 4.69) is 4.18 Å². The van der Waals surface area contributed by atoms with E-state index in [0.717, 1.165) is 30.5 Å². The molecule has 0 aliphatic rings. The van der Waals surface area contributed by atoms with Crippen LogP contribution in [-0.4, -0.2) is 8.42 Å². The molecule has 0 saturated carbocycles. The standard InChI is InChI=1S/C9H6F3NO3S/c10-9(11,12)8-3-1-7(2-4-8)5-17(14,15)16-6-13/h1-4H,5H2. The van der Waals surface area contributed by atoms with Crippen molar-refractivity contribution in [3.63, 3.8) is 0 Å². The van der Waals surface area contributed by atoms with Crippen LogP contribution in [0.15, 0.2) is 24.3 Å². The van der Waals surface area contributed by atoms with Gasteiger partial charge in [-0.05, 0) is 17.7 Å². The summed E-state index contributed by atoms with van der Waals surface area (Å²) in [4.78, 5) is 0. The SMILES string of the molecule is N#COS(=O)(=O)Cc1ccc(C(F)(F)F)cc1. The number of hydrogen-bond donors (Lipinski definition) is 0. The topological polar surface area (TPSA) is 67.2 Å². The molecule has 0 aliphatic heterocycles. The lowest BCUT2D eigenvalue weighted by atomic mass is 10.1. The Morgan fingerprint density at radius 1 is 1.24 bits per heavy atom. The van der Waals surface area contributed by atoms with Crippen molar-refractivity contribution >= 4 is 10.1 Å². The van der Waals surface area contributed by atoms with Crippen molar-refractivity contribution in [1.82, 2.24) is 0 Å². The van der Waals surface area contributed by atoms with Gasteiger partial charge in [-0.1, -0.05) is 12.1 Å². The van der Waals surface area contributed by atoms with E-state index in [9.17, 15) is 21.6 Å². The van der Waals surface area contributed by atoms with Crippen LogP contribution < -0.4 is 0 Å². The fourth-order valence-electron chi connectivity index (χ4n) is 1.08. The Kier molecular flexibility index (Phi) is 3.63. The van der Waals surface area contributed by atoms with Crippen LogP contribution in [-0.2, 0) is 26.2 Å². The molecule has 8 heteroatoms. The summed E-state index contributed by atoms with van der Waals surface area (Å²) >= 11 is 0.